The van der Waals surface area contributed by atoms with Gasteiger partial charge in [-0.05, 0) is 19.9 Å². The number of carbonyl (C=O) groups is 1. The second-order valence-corrected chi connectivity index (χ2v) is 4.67. The number of aromatic nitrogens is 3. The number of hydrogen-bond acceptors (Lipinski definition) is 4. The molecule has 21 heavy (non-hydrogen) atoms. The van der Waals surface area contributed by atoms with Crippen molar-refractivity contribution in [1.29, 1.82) is 0 Å². The van der Waals surface area contributed by atoms with E-state index in [-0.39, 0.29) is 0 Å². The lowest BCUT2D eigenvalue weighted by molar-refractivity contribution is 0.0516. The lowest BCUT2D eigenvalue weighted by Gasteiger charge is -2.05. The average molecular weight is 281 g/mol. The molecule has 0 atom stereocenters. The van der Waals surface area contributed by atoms with Crippen molar-refractivity contribution in [1.82, 2.24) is 14.6 Å². The van der Waals surface area contributed by atoms with E-state index in [2.05, 4.69) is 10.1 Å². The minimum Gasteiger partial charge on any atom is -0.461 e. The second-order valence-electron chi connectivity index (χ2n) is 4.67. The van der Waals surface area contributed by atoms with Crippen LogP contribution in [0, 0.1) is 6.92 Å². The van der Waals surface area contributed by atoms with Crippen LogP contribution in [0.3, 0.4) is 0 Å². The van der Waals surface area contributed by atoms with Crippen molar-refractivity contribution < 1.29 is 9.53 Å². The fourth-order valence-corrected chi connectivity index (χ4v) is 2.20. The first-order chi connectivity index (χ1) is 10.2. The molecule has 0 aliphatic carbocycles. The van der Waals surface area contributed by atoms with Gasteiger partial charge in [0.1, 0.15) is 0 Å². The van der Waals surface area contributed by atoms with Crippen LogP contribution >= 0.6 is 0 Å². The Morgan fingerprint density at radius 3 is 2.71 bits per heavy atom. The summed E-state index contributed by atoms with van der Waals surface area (Å²) in [5.74, 6) is -0.393. The number of fused-ring (bicyclic) bond motifs is 1. The number of carbonyl (C=O) groups excluding carboxylic acids is 1. The number of esters is 1. The van der Waals surface area contributed by atoms with E-state index >= 15 is 0 Å². The largest absolute Gasteiger partial charge is 0.461 e. The molecule has 0 unspecified atom stereocenters. The number of benzene rings is 1. The fraction of sp³-hybridized carbons (Fsp3) is 0.188. The topological polar surface area (TPSA) is 56.5 Å². The van der Waals surface area contributed by atoms with Crippen molar-refractivity contribution in [3.05, 3.63) is 53.9 Å². The molecule has 0 saturated heterocycles. The maximum absolute atomic E-state index is 12.0. The van der Waals surface area contributed by atoms with Crippen LogP contribution in [0.5, 0.6) is 0 Å². The summed E-state index contributed by atoms with van der Waals surface area (Å²) in [6.07, 6.45) is 0. The highest BCUT2D eigenvalue weighted by Gasteiger charge is 2.16. The van der Waals surface area contributed by atoms with Gasteiger partial charge in [-0.1, -0.05) is 30.3 Å². The zero-order chi connectivity index (χ0) is 14.8. The predicted octanol–water partition coefficient (Wildman–Crippen LogP) is 2.88. The predicted molar refractivity (Wildman–Crippen MR) is 79.1 cm³/mol. The quantitative estimate of drug-likeness (QED) is 0.693. The molecule has 0 fully saturated rings. The zero-order valence-electron chi connectivity index (χ0n) is 11.9. The lowest BCUT2D eigenvalue weighted by atomic mass is 10.2. The minimum atomic E-state index is -0.393. The van der Waals surface area contributed by atoms with E-state index in [0.29, 0.717) is 17.9 Å². The molecule has 3 rings (SSSR count). The summed E-state index contributed by atoms with van der Waals surface area (Å²) in [5.41, 5.74) is 3.54. The molecule has 1 aromatic carbocycles. The number of nitrogens with zero attached hydrogens (tertiary/aromatic N) is 3. The van der Waals surface area contributed by atoms with Crippen molar-refractivity contribution in [2.45, 2.75) is 13.8 Å². The lowest BCUT2D eigenvalue weighted by Crippen LogP contribution is -2.12. The SMILES string of the molecule is CCOC(=O)c1cc(C)nc2cc(-c3ccccc3)nn12. The fourth-order valence-electron chi connectivity index (χ4n) is 2.20. The Kier molecular flexibility index (Phi) is 3.39. The molecular weight excluding hydrogens is 266 g/mol. The van der Waals surface area contributed by atoms with Crippen LogP contribution in [-0.4, -0.2) is 27.2 Å². The highest BCUT2D eigenvalue weighted by atomic mass is 16.5. The van der Waals surface area contributed by atoms with Gasteiger partial charge in [-0.2, -0.15) is 5.10 Å². The third-order valence-corrected chi connectivity index (χ3v) is 3.11. The molecule has 5 nitrogen and oxygen atoms in total. The van der Waals surface area contributed by atoms with Crippen LogP contribution in [0.25, 0.3) is 16.9 Å². The molecule has 0 radical (unpaired) electrons. The molecule has 0 N–H and O–H groups in total. The minimum absolute atomic E-state index is 0.328. The summed E-state index contributed by atoms with van der Waals surface area (Å²) < 4.78 is 6.61. The van der Waals surface area contributed by atoms with Gasteiger partial charge in [0.2, 0.25) is 0 Å². The average Bonchev–Trinajstić information content (AvgIpc) is 2.91. The molecule has 5 heteroatoms. The normalized spacial score (nSPS) is 10.8. The molecule has 0 amide bonds. The van der Waals surface area contributed by atoms with Crippen LogP contribution in [-0.2, 0) is 4.74 Å². The number of aryl methyl sites for hydroxylation is 1. The van der Waals surface area contributed by atoms with Crippen LogP contribution < -0.4 is 0 Å². The molecule has 3 aromatic rings. The van der Waals surface area contributed by atoms with Gasteiger partial charge in [-0.15, -0.1) is 0 Å². The molecule has 2 aromatic heterocycles. The van der Waals surface area contributed by atoms with Crippen molar-refractivity contribution in [2.24, 2.45) is 0 Å². The highest BCUT2D eigenvalue weighted by molar-refractivity contribution is 5.88. The third kappa shape index (κ3) is 2.50. The Balaban J connectivity index is 2.17. The molecule has 0 saturated carbocycles. The monoisotopic (exact) mass is 281 g/mol. The summed E-state index contributed by atoms with van der Waals surface area (Å²) >= 11 is 0. The summed E-state index contributed by atoms with van der Waals surface area (Å²) in [5, 5.41) is 4.48. The first kappa shape index (κ1) is 13.3. The van der Waals surface area contributed by atoms with Gasteiger partial charge in [-0.3, -0.25) is 0 Å². The van der Waals surface area contributed by atoms with E-state index in [0.717, 1.165) is 17.0 Å². The van der Waals surface area contributed by atoms with E-state index in [1.165, 1.54) is 4.52 Å². The summed E-state index contributed by atoms with van der Waals surface area (Å²) in [7, 11) is 0. The van der Waals surface area contributed by atoms with E-state index < -0.39 is 5.97 Å². The van der Waals surface area contributed by atoms with E-state index in [4.69, 9.17) is 4.74 Å². The van der Waals surface area contributed by atoms with Crippen LogP contribution in [0.15, 0.2) is 42.5 Å². The van der Waals surface area contributed by atoms with E-state index in [9.17, 15) is 4.79 Å². The Bertz CT molecular complexity index is 794. The molecule has 0 bridgehead atoms. The summed E-state index contributed by atoms with van der Waals surface area (Å²) in [4.78, 5) is 16.5. The van der Waals surface area contributed by atoms with Gasteiger partial charge in [0, 0.05) is 17.3 Å². The van der Waals surface area contributed by atoms with Gasteiger partial charge >= 0.3 is 5.97 Å². The smallest absolute Gasteiger partial charge is 0.357 e. The molecule has 0 aliphatic heterocycles. The summed E-state index contributed by atoms with van der Waals surface area (Å²) in [6.45, 7) is 3.95. The molecular formula is C16H15N3O2. The van der Waals surface area contributed by atoms with E-state index in [1.54, 1.807) is 13.0 Å². The van der Waals surface area contributed by atoms with Crippen LogP contribution in [0.4, 0.5) is 0 Å². The van der Waals surface area contributed by atoms with Crippen LogP contribution in [0.2, 0.25) is 0 Å². The first-order valence-corrected chi connectivity index (χ1v) is 6.79. The highest BCUT2D eigenvalue weighted by Crippen LogP contribution is 2.20. The molecule has 2 heterocycles. The van der Waals surface area contributed by atoms with Gasteiger partial charge in [-0.25, -0.2) is 14.3 Å². The summed E-state index contributed by atoms with van der Waals surface area (Å²) in [6, 6.07) is 13.3. The third-order valence-electron chi connectivity index (χ3n) is 3.11. The van der Waals surface area contributed by atoms with Gasteiger partial charge in [0.15, 0.2) is 11.3 Å². The van der Waals surface area contributed by atoms with Gasteiger partial charge < -0.3 is 4.74 Å². The molecule has 0 spiro atoms. The van der Waals surface area contributed by atoms with E-state index in [1.807, 2.05) is 43.3 Å². The Labute approximate surface area is 122 Å². The van der Waals surface area contributed by atoms with Crippen LogP contribution in [0.1, 0.15) is 23.1 Å². The zero-order valence-corrected chi connectivity index (χ0v) is 11.9. The van der Waals surface area contributed by atoms with Crippen molar-refractivity contribution in [3.63, 3.8) is 0 Å². The van der Waals surface area contributed by atoms with Gasteiger partial charge in [0.05, 0.1) is 12.3 Å². The van der Waals surface area contributed by atoms with Crippen molar-refractivity contribution >= 4 is 11.6 Å². The first-order valence-electron chi connectivity index (χ1n) is 6.79. The number of hydrogen-bond donors (Lipinski definition) is 0. The Morgan fingerprint density at radius 2 is 2.00 bits per heavy atom. The van der Waals surface area contributed by atoms with Crippen molar-refractivity contribution in [2.75, 3.05) is 6.61 Å². The van der Waals surface area contributed by atoms with Crippen molar-refractivity contribution in [3.8, 4) is 11.3 Å². The maximum Gasteiger partial charge on any atom is 0.357 e. The van der Waals surface area contributed by atoms with Gasteiger partial charge in [0.25, 0.3) is 0 Å². The number of rotatable bonds is 3. The molecule has 0 aliphatic rings. The number of ether oxygens (including phenoxy) is 1. The standard InChI is InChI=1S/C16H15N3O2/c1-3-21-16(20)14-9-11(2)17-15-10-13(18-19(14)15)12-7-5-4-6-8-12/h4-10H,3H2,1-2H3. The Hall–Kier alpha value is -2.69. The maximum atomic E-state index is 12.0. The second kappa shape index (κ2) is 5.36. The Morgan fingerprint density at radius 1 is 1.24 bits per heavy atom. The molecule has 106 valence electrons.